The number of aliphatic hydroxyl groups is 1. The molecule has 0 radical (unpaired) electrons. The zero-order valence-electron chi connectivity index (χ0n) is 20.0. The van der Waals surface area contributed by atoms with E-state index in [9.17, 15) is 14.7 Å². The SMILES string of the molecule is C=CCOc1ccc(/C(O)=C2/C(=O)C(=O)N(Cc3cccnc3)C2c2cc(OC)ccc2OC)cc1. The molecule has 8 heteroatoms. The number of aromatic nitrogens is 1. The maximum Gasteiger partial charge on any atom is 0.295 e. The molecule has 1 fully saturated rings. The van der Waals surface area contributed by atoms with Gasteiger partial charge in [-0.15, -0.1) is 0 Å². The van der Waals surface area contributed by atoms with Crippen molar-refractivity contribution in [1.29, 1.82) is 0 Å². The van der Waals surface area contributed by atoms with Gasteiger partial charge in [0.1, 0.15) is 29.6 Å². The van der Waals surface area contributed by atoms with Gasteiger partial charge in [-0.05, 0) is 54.1 Å². The number of likely N-dealkylation sites (tertiary alicyclic amines) is 1. The molecule has 1 N–H and O–H groups in total. The third-order valence-corrected chi connectivity index (χ3v) is 5.84. The quantitative estimate of drug-likeness (QED) is 0.209. The lowest BCUT2D eigenvalue weighted by Gasteiger charge is -2.27. The number of Topliss-reactive ketones (excluding diaryl/α,β-unsaturated/α-hetero) is 1. The molecule has 0 spiro atoms. The number of hydrogen-bond donors (Lipinski definition) is 1. The molecule has 2 heterocycles. The van der Waals surface area contributed by atoms with Gasteiger partial charge < -0.3 is 24.2 Å². The number of hydrogen-bond acceptors (Lipinski definition) is 7. The summed E-state index contributed by atoms with van der Waals surface area (Å²) in [5, 5.41) is 11.3. The zero-order valence-corrected chi connectivity index (χ0v) is 20.0. The zero-order chi connectivity index (χ0) is 25.7. The van der Waals surface area contributed by atoms with Gasteiger partial charge in [0.2, 0.25) is 0 Å². The maximum atomic E-state index is 13.3. The molecule has 0 aliphatic carbocycles. The summed E-state index contributed by atoms with van der Waals surface area (Å²) in [6, 6.07) is 14.4. The van der Waals surface area contributed by atoms with Crippen LogP contribution in [0.3, 0.4) is 0 Å². The van der Waals surface area contributed by atoms with Crippen molar-refractivity contribution in [2.45, 2.75) is 12.6 Å². The monoisotopic (exact) mass is 486 g/mol. The van der Waals surface area contributed by atoms with Gasteiger partial charge in [-0.25, -0.2) is 0 Å². The molecule has 1 saturated heterocycles. The topological polar surface area (TPSA) is 98.2 Å². The van der Waals surface area contributed by atoms with E-state index in [0.717, 1.165) is 5.56 Å². The fourth-order valence-corrected chi connectivity index (χ4v) is 4.13. The van der Waals surface area contributed by atoms with Crippen LogP contribution in [0.1, 0.15) is 22.7 Å². The summed E-state index contributed by atoms with van der Waals surface area (Å²) in [6.07, 6.45) is 4.88. The molecule has 1 unspecified atom stereocenters. The first-order chi connectivity index (χ1) is 17.5. The average molecular weight is 487 g/mol. The highest BCUT2D eigenvalue weighted by Gasteiger charge is 2.47. The number of amides is 1. The number of ether oxygens (including phenoxy) is 3. The Morgan fingerprint density at radius 2 is 1.83 bits per heavy atom. The van der Waals surface area contributed by atoms with Crippen molar-refractivity contribution in [3.63, 3.8) is 0 Å². The molecule has 1 aliphatic heterocycles. The molecular weight excluding hydrogens is 460 g/mol. The number of pyridine rings is 1. The Labute approximate surface area is 209 Å². The van der Waals surface area contributed by atoms with E-state index in [2.05, 4.69) is 11.6 Å². The van der Waals surface area contributed by atoms with Gasteiger partial charge in [-0.1, -0.05) is 18.7 Å². The Bertz CT molecular complexity index is 1300. The van der Waals surface area contributed by atoms with Crippen molar-refractivity contribution in [1.82, 2.24) is 9.88 Å². The molecule has 1 atom stereocenters. The maximum absolute atomic E-state index is 13.3. The lowest BCUT2D eigenvalue weighted by Crippen LogP contribution is -2.29. The first-order valence-electron chi connectivity index (χ1n) is 11.2. The highest BCUT2D eigenvalue weighted by atomic mass is 16.5. The summed E-state index contributed by atoms with van der Waals surface area (Å²) in [6.45, 7) is 4.06. The van der Waals surface area contributed by atoms with Gasteiger partial charge in [0.25, 0.3) is 11.7 Å². The van der Waals surface area contributed by atoms with Crippen LogP contribution < -0.4 is 14.2 Å². The van der Waals surface area contributed by atoms with Crippen molar-refractivity contribution >= 4 is 17.4 Å². The summed E-state index contributed by atoms with van der Waals surface area (Å²) in [5.41, 5.74) is 1.56. The normalized spacial score (nSPS) is 16.6. The van der Waals surface area contributed by atoms with E-state index >= 15 is 0 Å². The van der Waals surface area contributed by atoms with Gasteiger partial charge >= 0.3 is 0 Å². The molecule has 1 amide bonds. The Kier molecular flexibility index (Phi) is 7.34. The van der Waals surface area contributed by atoms with Crippen LogP contribution in [-0.4, -0.2) is 47.5 Å². The van der Waals surface area contributed by atoms with E-state index in [4.69, 9.17) is 14.2 Å². The summed E-state index contributed by atoms with van der Waals surface area (Å²) in [5.74, 6) is -0.291. The number of ketones is 1. The molecule has 8 nitrogen and oxygen atoms in total. The highest BCUT2D eigenvalue weighted by Crippen LogP contribution is 2.44. The fraction of sp³-hybridized carbons (Fsp3) is 0.179. The Morgan fingerprint density at radius 1 is 1.08 bits per heavy atom. The first-order valence-corrected chi connectivity index (χ1v) is 11.2. The van der Waals surface area contributed by atoms with Gasteiger partial charge in [-0.2, -0.15) is 0 Å². The van der Waals surface area contributed by atoms with Gasteiger partial charge in [0.05, 0.1) is 25.8 Å². The third-order valence-electron chi connectivity index (χ3n) is 5.84. The minimum atomic E-state index is -0.924. The number of methoxy groups -OCH3 is 2. The van der Waals surface area contributed by atoms with Gasteiger partial charge in [-0.3, -0.25) is 14.6 Å². The van der Waals surface area contributed by atoms with Crippen molar-refractivity contribution in [2.24, 2.45) is 0 Å². The van der Waals surface area contributed by atoms with E-state index in [1.54, 1.807) is 67.0 Å². The minimum absolute atomic E-state index is 0.0461. The molecule has 4 rings (SSSR count). The van der Waals surface area contributed by atoms with Gasteiger partial charge in [0.15, 0.2) is 0 Å². The van der Waals surface area contributed by atoms with Gasteiger partial charge in [0, 0.05) is 30.1 Å². The molecule has 2 aromatic carbocycles. The van der Waals surface area contributed by atoms with Crippen LogP contribution in [0.4, 0.5) is 0 Å². The summed E-state index contributed by atoms with van der Waals surface area (Å²) in [4.78, 5) is 32.1. The van der Waals surface area contributed by atoms with Crippen molar-refractivity contribution in [2.75, 3.05) is 20.8 Å². The molecule has 1 aliphatic rings. The second-order valence-electron chi connectivity index (χ2n) is 8.02. The standard InChI is InChI=1S/C28H26N2O6/c1-4-14-36-20-9-7-19(8-10-20)26(31)24-25(22-15-21(34-2)11-12-23(22)35-3)30(28(33)27(24)32)17-18-6-5-13-29-16-18/h4-13,15-16,25,31H,1,14,17H2,2-3H3/b26-24-. The number of carbonyl (C=O) groups excluding carboxylic acids is 2. The van der Waals surface area contributed by atoms with E-state index in [1.807, 2.05) is 6.07 Å². The fourth-order valence-electron chi connectivity index (χ4n) is 4.13. The van der Waals surface area contributed by atoms with E-state index in [-0.39, 0.29) is 17.9 Å². The van der Waals surface area contributed by atoms with Crippen LogP contribution >= 0.6 is 0 Å². The predicted molar refractivity (Wildman–Crippen MR) is 134 cm³/mol. The van der Waals surface area contributed by atoms with E-state index in [0.29, 0.717) is 35.0 Å². The minimum Gasteiger partial charge on any atom is -0.507 e. The highest BCUT2D eigenvalue weighted by molar-refractivity contribution is 6.46. The van der Waals surface area contributed by atoms with Crippen molar-refractivity contribution < 1.29 is 28.9 Å². The smallest absolute Gasteiger partial charge is 0.295 e. The Hall–Kier alpha value is -4.59. The molecule has 36 heavy (non-hydrogen) atoms. The van der Waals surface area contributed by atoms with Crippen LogP contribution in [-0.2, 0) is 16.1 Å². The lowest BCUT2D eigenvalue weighted by atomic mass is 9.94. The molecule has 1 aromatic heterocycles. The van der Waals surface area contributed by atoms with Crippen molar-refractivity contribution in [3.05, 3.63) is 102 Å². The Morgan fingerprint density at radius 3 is 2.47 bits per heavy atom. The molecule has 184 valence electrons. The Balaban J connectivity index is 1.87. The molecule has 0 bridgehead atoms. The predicted octanol–water partition coefficient (Wildman–Crippen LogP) is 4.29. The van der Waals surface area contributed by atoms with Crippen LogP contribution in [0, 0.1) is 0 Å². The number of rotatable bonds is 9. The molecule has 3 aromatic rings. The van der Waals surface area contributed by atoms with E-state index in [1.165, 1.54) is 19.1 Å². The number of benzene rings is 2. The van der Waals surface area contributed by atoms with E-state index < -0.39 is 17.7 Å². The number of aliphatic hydroxyl groups excluding tert-OH is 1. The van der Waals surface area contributed by atoms with Crippen LogP contribution in [0.25, 0.3) is 5.76 Å². The molecule has 0 saturated carbocycles. The largest absolute Gasteiger partial charge is 0.507 e. The van der Waals surface area contributed by atoms with Crippen LogP contribution in [0.5, 0.6) is 17.2 Å². The average Bonchev–Trinajstić information content (AvgIpc) is 3.16. The second kappa shape index (κ2) is 10.8. The number of nitrogens with zero attached hydrogens (tertiary/aromatic N) is 2. The molecular formula is C28H26N2O6. The van der Waals surface area contributed by atoms with Crippen LogP contribution in [0.15, 0.2) is 85.2 Å². The lowest BCUT2D eigenvalue weighted by molar-refractivity contribution is -0.140. The summed E-state index contributed by atoms with van der Waals surface area (Å²) >= 11 is 0. The summed E-state index contributed by atoms with van der Waals surface area (Å²) < 4.78 is 16.5. The third kappa shape index (κ3) is 4.79. The summed E-state index contributed by atoms with van der Waals surface area (Å²) in [7, 11) is 3.02. The van der Waals surface area contributed by atoms with Crippen molar-refractivity contribution in [3.8, 4) is 17.2 Å². The second-order valence-corrected chi connectivity index (χ2v) is 8.02. The van der Waals surface area contributed by atoms with Crippen LogP contribution in [0.2, 0.25) is 0 Å². The first kappa shape index (κ1) is 24.5. The number of carbonyl (C=O) groups is 2.